The monoisotopic (exact) mass is 348 g/mol. The van der Waals surface area contributed by atoms with Crippen LogP contribution < -0.4 is 15.4 Å². The number of aromatic nitrogens is 2. The quantitative estimate of drug-likeness (QED) is 0.686. The molecule has 0 fully saturated rings. The lowest BCUT2D eigenvalue weighted by Crippen LogP contribution is -2.24. The molecule has 1 heterocycles. The van der Waals surface area contributed by atoms with Crippen LogP contribution in [0.4, 0.5) is 5.82 Å². The van der Waals surface area contributed by atoms with Crippen molar-refractivity contribution in [3.8, 4) is 5.75 Å². The van der Waals surface area contributed by atoms with Gasteiger partial charge in [0, 0.05) is 24.7 Å². The van der Waals surface area contributed by atoms with Crippen molar-refractivity contribution in [2.45, 2.75) is 13.1 Å². The van der Waals surface area contributed by atoms with E-state index in [1.807, 2.05) is 54.6 Å². The van der Waals surface area contributed by atoms with E-state index in [1.165, 1.54) is 6.33 Å². The molecule has 26 heavy (non-hydrogen) atoms. The number of hydrogen-bond donors (Lipinski definition) is 2. The van der Waals surface area contributed by atoms with Crippen molar-refractivity contribution >= 4 is 11.7 Å². The standard InChI is InChI=1S/C20H20N4O2/c1-26-18-10-6-5-9-16(18)13-21-19-11-17(23-14-24-19)20(25)22-12-15-7-3-2-4-8-15/h2-11,14H,12-13H2,1H3,(H,22,25)(H,21,23,24). The SMILES string of the molecule is COc1ccccc1CNc1cc(C(=O)NCc2ccccc2)ncn1. The fourth-order valence-corrected chi connectivity index (χ4v) is 2.48. The highest BCUT2D eigenvalue weighted by Gasteiger charge is 2.09. The van der Waals surface area contributed by atoms with Gasteiger partial charge in [-0.15, -0.1) is 0 Å². The first-order valence-electron chi connectivity index (χ1n) is 8.26. The van der Waals surface area contributed by atoms with Crippen molar-refractivity contribution in [2.75, 3.05) is 12.4 Å². The van der Waals surface area contributed by atoms with Crippen LogP contribution in [0.5, 0.6) is 5.75 Å². The second-order valence-electron chi connectivity index (χ2n) is 5.62. The van der Waals surface area contributed by atoms with E-state index in [0.717, 1.165) is 16.9 Å². The number of anilines is 1. The lowest BCUT2D eigenvalue weighted by Gasteiger charge is -2.10. The number of ether oxygens (including phenoxy) is 1. The molecule has 0 aliphatic carbocycles. The zero-order valence-electron chi connectivity index (χ0n) is 14.5. The van der Waals surface area contributed by atoms with Gasteiger partial charge < -0.3 is 15.4 Å². The third-order valence-corrected chi connectivity index (χ3v) is 3.85. The Morgan fingerprint density at radius 3 is 2.58 bits per heavy atom. The van der Waals surface area contributed by atoms with E-state index in [0.29, 0.717) is 24.6 Å². The van der Waals surface area contributed by atoms with Gasteiger partial charge in [0.15, 0.2) is 0 Å². The zero-order chi connectivity index (χ0) is 18.2. The minimum absolute atomic E-state index is 0.239. The molecule has 0 unspecified atom stereocenters. The summed E-state index contributed by atoms with van der Waals surface area (Å²) in [6, 6.07) is 19.1. The zero-order valence-corrected chi connectivity index (χ0v) is 14.5. The van der Waals surface area contributed by atoms with Gasteiger partial charge in [0.2, 0.25) is 0 Å². The van der Waals surface area contributed by atoms with Crippen LogP contribution in [0, 0.1) is 0 Å². The van der Waals surface area contributed by atoms with E-state index in [-0.39, 0.29) is 5.91 Å². The van der Waals surface area contributed by atoms with Crippen molar-refractivity contribution < 1.29 is 9.53 Å². The summed E-state index contributed by atoms with van der Waals surface area (Å²) in [6.07, 6.45) is 1.38. The number of rotatable bonds is 7. The third-order valence-electron chi connectivity index (χ3n) is 3.85. The highest BCUT2D eigenvalue weighted by molar-refractivity contribution is 5.92. The topological polar surface area (TPSA) is 76.1 Å². The maximum atomic E-state index is 12.3. The van der Waals surface area contributed by atoms with Gasteiger partial charge in [-0.1, -0.05) is 48.5 Å². The number of nitrogens with zero attached hydrogens (tertiary/aromatic N) is 2. The average molecular weight is 348 g/mol. The van der Waals surface area contributed by atoms with Crippen LogP contribution in [0.25, 0.3) is 0 Å². The van der Waals surface area contributed by atoms with Crippen LogP contribution in [-0.2, 0) is 13.1 Å². The minimum Gasteiger partial charge on any atom is -0.496 e. The Hall–Kier alpha value is -3.41. The number of nitrogens with one attached hydrogen (secondary N) is 2. The molecule has 2 N–H and O–H groups in total. The fourth-order valence-electron chi connectivity index (χ4n) is 2.48. The summed E-state index contributed by atoms with van der Waals surface area (Å²) in [7, 11) is 1.64. The number of para-hydroxylation sites is 1. The average Bonchev–Trinajstić information content (AvgIpc) is 2.71. The van der Waals surface area contributed by atoms with Gasteiger partial charge in [-0.25, -0.2) is 9.97 Å². The summed E-state index contributed by atoms with van der Waals surface area (Å²) in [5.74, 6) is 1.14. The lowest BCUT2D eigenvalue weighted by atomic mass is 10.2. The maximum Gasteiger partial charge on any atom is 0.270 e. The Labute approximate surface area is 152 Å². The van der Waals surface area contributed by atoms with E-state index in [2.05, 4.69) is 20.6 Å². The molecule has 0 saturated carbocycles. The number of methoxy groups -OCH3 is 1. The molecule has 2 aromatic carbocycles. The Morgan fingerprint density at radius 2 is 1.77 bits per heavy atom. The summed E-state index contributed by atoms with van der Waals surface area (Å²) in [5.41, 5.74) is 2.35. The molecule has 0 aliphatic heterocycles. The van der Waals surface area contributed by atoms with Gasteiger partial charge in [0.1, 0.15) is 23.6 Å². The van der Waals surface area contributed by atoms with Crippen LogP contribution in [0.15, 0.2) is 67.0 Å². The maximum absolute atomic E-state index is 12.3. The smallest absolute Gasteiger partial charge is 0.270 e. The Balaban J connectivity index is 1.61. The normalized spacial score (nSPS) is 10.2. The summed E-state index contributed by atoms with van der Waals surface area (Å²) in [6.45, 7) is 0.986. The number of hydrogen-bond acceptors (Lipinski definition) is 5. The molecule has 3 rings (SSSR count). The van der Waals surface area contributed by atoms with Crippen LogP contribution in [0.1, 0.15) is 21.6 Å². The van der Waals surface area contributed by atoms with E-state index >= 15 is 0 Å². The molecule has 1 amide bonds. The minimum atomic E-state index is -0.239. The van der Waals surface area contributed by atoms with E-state index in [4.69, 9.17) is 4.74 Å². The molecule has 0 spiro atoms. The molecule has 0 aliphatic rings. The molecule has 3 aromatic rings. The third kappa shape index (κ3) is 4.57. The van der Waals surface area contributed by atoms with Crippen molar-refractivity contribution in [3.05, 3.63) is 83.8 Å². The largest absolute Gasteiger partial charge is 0.496 e. The van der Waals surface area contributed by atoms with Crippen LogP contribution in [0.2, 0.25) is 0 Å². The highest BCUT2D eigenvalue weighted by atomic mass is 16.5. The van der Waals surface area contributed by atoms with Crippen molar-refractivity contribution in [2.24, 2.45) is 0 Å². The number of carbonyl (C=O) groups excluding carboxylic acids is 1. The molecule has 0 saturated heterocycles. The Kier molecular flexibility index (Phi) is 5.77. The van der Waals surface area contributed by atoms with E-state index < -0.39 is 0 Å². The van der Waals surface area contributed by atoms with Crippen LogP contribution >= 0.6 is 0 Å². The fraction of sp³-hybridized carbons (Fsp3) is 0.150. The lowest BCUT2D eigenvalue weighted by molar-refractivity contribution is 0.0946. The molecule has 6 heteroatoms. The second-order valence-corrected chi connectivity index (χ2v) is 5.62. The molecular formula is C20H20N4O2. The predicted molar refractivity (Wildman–Crippen MR) is 100.0 cm³/mol. The van der Waals surface area contributed by atoms with Gasteiger partial charge in [-0.3, -0.25) is 4.79 Å². The van der Waals surface area contributed by atoms with Gasteiger partial charge in [0.05, 0.1) is 7.11 Å². The molecule has 0 radical (unpaired) electrons. The summed E-state index contributed by atoms with van der Waals surface area (Å²) in [5, 5.41) is 6.05. The van der Waals surface area contributed by atoms with Crippen molar-refractivity contribution in [1.82, 2.24) is 15.3 Å². The van der Waals surface area contributed by atoms with Gasteiger partial charge in [-0.05, 0) is 11.6 Å². The van der Waals surface area contributed by atoms with Crippen LogP contribution in [0.3, 0.4) is 0 Å². The second kappa shape index (κ2) is 8.62. The Morgan fingerprint density at radius 1 is 1.00 bits per heavy atom. The summed E-state index contributed by atoms with van der Waals surface area (Å²) >= 11 is 0. The first-order valence-corrected chi connectivity index (χ1v) is 8.26. The molecule has 0 atom stereocenters. The van der Waals surface area contributed by atoms with Crippen molar-refractivity contribution in [3.63, 3.8) is 0 Å². The van der Waals surface area contributed by atoms with E-state index in [9.17, 15) is 4.79 Å². The number of carbonyl (C=O) groups is 1. The van der Waals surface area contributed by atoms with E-state index in [1.54, 1.807) is 13.2 Å². The van der Waals surface area contributed by atoms with Gasteiger partial charge in [0.25, 0.3) is 5.91 Å². The van der Waals surface area contributed by atoms with Crippen LogP contribution in [-0.4, -0.2) is 23.0 Å². The Bertz CT molecular complexity index is 868. The summed E-state index contributed by atoms with van der Waals surface area (Å²) in [4.78, 5) is 20.5. The van der Waals surface area contributed by atoms with Crippen molar-refractivity contribution in [1.29, 1.82) is 0 Å². The van der Waals surface area contributed by atoms with Gasteiger partial charge in [-0.2, -0.15) is 0 Å². The molecule has 6 nitrogen and oxygen atoms in total. The summed E-state index contributed by atoms with van der Waals surface area (Å²) < 4.78 is 5.33. The number of benzene rings is 2. The number of amides is 1. The molecule has 132 valence electrons. The highest BCUT2D eigenvalue weighted by Crippen LogP contribution is 2.18. The molecule has 1 aromatic heterocycles. The molecule has 0 bridgehead atoms. The molecular weight excluding hydrogens is 328 g/mol. The predicted octanol–water partition coefficient (Wildman–Crippen LogP) is 3.03. The first-order chi connectivity index (χ1) is 12.8. The first kappa shape index (κ1) is 17.4. The van der Waals surface area contributed by atoms with Gasteiger partial charge >= 0.3 is 0 Å².